The van der Waals surface area contributed by atoms with E-state index in [1.165, 1.54) is 77.0 Å². The number of carbonyl (C=O) groups is 1. The van der Waals surface area contributed by atoms with Gasteiger partial charge in [-0.15, -0.1) is 0 Å². The molecular weight excluding hydrogens is 272 g/mol. The van der Waals surface area contributed by atoms with Gasteiger partial charge in [0.15, 0.2) is 0 Å². The predicted molar refractivity (Wildman–Crippen MR) is 94.1 cm³/mol. The highest BCUT2D eigenvalue weighted by Gasteiger charge is 2.18. The van der Waals surface area contributed by atoms with Crippen molar-refractivity contribution >= 4 is 5.97 Å². The van der Waals surface area contributed by atoms with Crippen LogP contribution in [0.2, 0.25) is 0 Å². The molecule has 0 saturated heterocycles. The molecule has 0 bridgehead atoms. The van der Waals surface area contributed by atoms with Crippen molar-refractivity contribution in [1.82, 2.24) is 0 Å². The summed E-state index contributed by atoms with van der Waals surface area (Å²) in [5.41, 5.74) is 1.71. The molecule has 0 aromatic rings. The third-order valence-corrected chi connectivity index (χ3v) is 4.96. The van der Waals surface area contributed by atoms with Crippen LogP contribution >= 0.6 is 0 Å². The van der Waals surface area contributed by atoms with Gasteiger partial charge in [-0.05, 0) is 44.4 Å². The van der Waals surface area contributed by atoms with E-state index < -0.39 is 5.97 Å². The second kappa shape index (κ2) is 12.7. The number of allylic oxidation sites excluding steroid dienone is 2. The first kappa shape index (κ1) is 19.3. The molecule has 0 heterocycles. The maximum atomic E-state index is 10.5. The Morgan fingerprint density at radius 3 is 2.50 bits per heavy atom. The number of hydrogen-bond donors (Lipinski definition) is 1. The third kappa shape index (κ3) is 9.27. The summed E-state index contributed by atoms with van der Waals surface area (Å²) in [5.74, 6) is 0.211. The molecule has 2 nitrogen and oxygen atoms in total. The van der Waals surface area contributed by atoms with E-state index in [9.17, 15) is 4.79 Å². The van der Waals surface area contributed by atoms with Crippen LogP contribution in [0.3, 0.4) is 0 Å². The van der Waals surface area contributed by atoms with Gasteiger partial charge in [-0.25, -0.2) is 0 Å². The number of carboxylic acids is 1. The first-order valence-electron chi connectivity index (χ1n) is 9.64. The van der Waals surface area contributed by atoms with Crippen molar-refractivity contribution in [2.75, 3.05) is 0 Å². The minimum absolute atomic E-state index is 0.337. The molecular formula is C20H36O2. The second-order valence-electron chi connectivity index (χ2n) is 6.92. The lowest BCUT2D eigenvalue weighted by Gasteiger charge is -2.15. The molecule has 1 aliphatic carbocycles. The van der Waals surface area contributed by atoms with Gasteiger partial charge in [0.1, 0.15) is 0 Å². The zero-order chi connectivity index (χ0) is 16.0. The maximum absolute atomic E-state index is 10.5. The van der Waals surface area contributed by atoms with Gasteiger partial charge in [0, 0.05) is 6.42 Å². The number of carboxylic acid groups (broad SMARTS) is 1. The van der Waals surface area contributed by atoms with Crippen molar-refractivity contribution in [2.45, 2.75) is 103 Å². The molecule has 0 radical (unpaired) electrons. The monoisotopic (exact) mass is 308 g/mol. The van der Waals surface area contributed by atoms with E-state index in [1.54, 1.807) is 5.57 Å². The normalized spacial score (nSPS) is 17.7. The first-order valence-corrected chi connectivity index (χ1v) is 9.64. The molecule has 0 aromatic carbocycles. The quantitative estimate of drug-likeness (QED) is 0.294. The molecule has 0 aliphatic heterocycles. The highest BCUT2D eigenvalue weighted by atomic mass is 16.4. The predicted octanol–water partition coefficient (Wildman–Crippen LogP) is 6.50. The number of rotatable bonds is 14. The largest absolute Gasteiger partial charge is 0.481 e. The molecule has 128 valence electrons. The van der Waals surface area contributed by atoms with E-state index >= 15 is 0 Å². The SMILES string of the molecule is CCCCCCCC[C@H]1CCC=C1CCCCCCC(=O)O. The van der Waals surface area contributed by atoms with Gasteiger partial charge in [0.05, 0.1) is 0 Å². The molecule has 2 heteroatoms. The summed E-state index contributed by atoms with van der Waals surface area (Å²) in [4.78, 5) is 10.5. The van der Waals surface area contributed by atoms with Gasteiger partial charge in [-0.1, -0.05) is 69.9 Å². The van der Waals surface area contributed by atoms with Crippen LogP contribution in [0.4, 0.5) is 0 Å². The topological polar surface area (TPSA) is 37.3 Å². The van der Waals surface area contributed by atoms with Crippen LogP contribution in [-0.4, -0.2) is 11.1 Å². The minimum atomic E-state index is -0.655. The standard InChI is InChI=1S/C20H36O2/c1-2-3-4-5-6-9-13-18-15-12-16-19(18)14-10-7-8-11-17-20(21)22/h16,18H,2-15,17H2,1H3,(H,21,22)/t18-/m0/s1. The van der Waals surface area contributed by atoms with E-state index in [4.69, 9.17) is 5.11 Å². The van der Waals surface area contributed by atoms with E-state index in [0.29, 0.717) is 6.42 Å². The Bertz CT molecular complexity index is 320. The lowest BCUT2D eigenvalue weighted by Crippen LogP contribution is -2.00. The molecule has 1 rings (SSSR count). The van der Waals surface area contributed by atoms with Gasteiger partial charge < -0.3 is 5.11 Å². The molecule has 0 fully saturated rings. The van der Waals surface area contributed by atoms with E-state index in [1.807, 2.05) is 0 Å². The fraction of sp³-hybridized carbons (Fsp3) is 0.850. The molecule has 0 spiro atoms. The van der Waals surface area contributed by atoms with Crippen LogP contribution in [0.1, 0.15) is 103 Å². The summed E-state index contributed by atoms with van der Waals surface area (Å²) >= 11 is 0. The van der Waals surface area contributed by atoms with Gasteiger partial charge in [-0.3, -0.25) is 4.79 Å². The van der Waals surface area contributed by atoms with Crippen LogP contribution in [0.15, 0.2) is 11.6 Å². The van der Waals surface area contributed by atoms with E-state index in [2.05, 4.69) is 13.0 Å². The first-order chi connectivity index (χ1) is 10.7. The number of aliphatic carboxylic acids is 1. The van der Waals surface area contributed by atoms with Crippen LogP contribution in [0.5, 0.6) is 0 Å². The second-order valence-corrected chi connectivity index (χ2v) is 6.92. The number of hydrogen-bond acceptors (Lipinski definition) is 1. The molecule has 1 aliphatic rings. The zero-order valence-electron chi connectivity index (χ0n) is 14.6. The van der Waals surface area contributed by atoms with Gasteiger partial charge >= 0.3 is 5.97 Å². The zero-order valence-corrected chi connectivity index (χ0v) is 14.6. The fourth-order valence-electron chi connectivity index (χ4n) is 3.59. The molecule has 1 N–H and O–H groups in total. The molecule has 0 saturated carbocycles. The Kier molecular flexibility index (Phi) is 11.1. The van der Waals surface area contributed by atoms with Crippen LogP contribution < -0.4 is 0 Å². The van der Waals surface area contributed by atoms with Gasteiger partial charge in [0.2, 0.25) is 0 Å². The Balaban J connectivity index is 2.01. The van der Waals surface area contributed by atoms with Crippen molar-refractivity contribution in [2.24, 2.45) is 5.92 Å². The van der Waals surface area contributed by atoms with Crippen molar-refractivity contribution < 1.29 is 9.90 Å². The van der Waals surface area contributed by atoms with Gasteiger partial charge in [0.25, 0.3) is 0 Å². The van der Waals surface area contributed by atoms with Gasteiger partial charge in [-0.2, -0.15) is 0 Å². The highest BCUT2D eigenvalue weighted by Crippen LogP contribution is 2.33. The summed E-state index contributed by atoms with van der Waals surface area (Å²) in [5, 5.41) is 8.62. The van der Waals surface area contributed by atoms with E-state index in [0.717, 1.165) is 18.8 Å². The Morgan fingerprint density at radius 1 is 1.05 bits per heavy atom. The van der Waals surface area contributed by atoms with Crippen LogP contribution in [-0.2, 0) is 4.79 Å². The molecule has 0 aromatic heterocycles. The van der Waals surface area contributed by atoms with Crippen LogP contribution in [0.25, 0.3) is 0 Å². The maximum Gasteiger partial charge on any atom is 0.303 e. The average Bonchev–Trinajstić information content (AvgIpc) is 2.93. The molecule has 0 unspecified atom stereocenters. The molecule has 0 amide bonds. The fourth-order valence-corrected chi connectivity index (χ4v) is 3.59. The Labute approximate surface area is 137 Å². The summed E-state index contributed by atoms with van der Waals surface area (Å²) in [6.45, 7) is 2.28. The van der Waals surface area contributed by atoms with Crippen molar-refractivity contribution in [3.63, 3.8) is 0 Å². The lowest BCUT2D eigenvalue weighted by molar-refractivity contribution is -0.137. The van der Waals surface area contributed by atoms with Crippen LogP contribution in [0, 0.1) is 5.92 Å². The Morgan fingerprint density at radius 2 is 1.73 bits per heavy atom. The van der Waals surface area contributed by atoms with E-state index in [-0.39, 0.29) is 0 Å². The summed E-state index contributed by atoms with van der Waals surface area (Å²) in [6, 6.07) is 0. The highest BCUT2D eigenvalue weighted by molar-refractivity contribution is 5.66. The lowest BCUT2D eigenvalue weighted by atomic mass is 9.91. The molecule has 1 atom stereocenters. The van der Waals surface area contributed by atoms with Crippen molar-refractivity contribution in [1.29, 1.82) is 0 Å². The van der Waals surface area contributed by atoms with Crippen molar-refractivity contribution in [3.8, 4) is 0 Å². The third-order valence-electron chi connectivity index (χ3n) is 4.96. The average molecular weight is 309 g/mol. The van der Waals surface area contributed by atoms with Crippen molar-refractivity contribution in [3.05, 3.63) is 11.6 Å². The Hall–Kier alpha value is -0.790. The summed E-state index contributed by atoms with van der Waals surface area (Å²) in [7, 11) is 0. The summed E-state index contributed by atoms with van der Waals surface area (Å²) in [6.07, 6.45) is 20.9. The number of unbranched alkanes of at least 4 members (excludes halogenated alkanes) is 8. The summed E-state index contributed by atoms with van der Waals surface area (Å²) < 4.78 is 0. The molecule has 22 heavy (non-hydrogen) atoms. The smallest absolute Gasteiger partial charge is 0.303 e. The minimum Gasteiger partial charge on any atom is -0.481 e.